The number of nitrogens with one attached hydrogen (secondary N) is 1. The second-order valence-corrected chi connectivity index (χ2v) is 6.11. The van der Waals surface area contributed by atoms with Gasteiger partial charge < -0.3 is 0 Å². The summed E-state index contributed by atoms with van der Waals surface area (Å²) in [6.45, 7) is 0. The Balaban J connectivity index is 2.23. The third kappa shape index (κ3) is 2.15. The quantitative estimate of drug-likeness (QED) is 0.716. The highest BCUT2D eigenvalue weighted by Crippen LogP contribution is 2.23. The molecule has 0 saturated carbocycles. The summed E-state index contributed by atoms with van der Waals surface area (Å²) in [6.07, 6.45) is 3.11. The zero-order valence-electron chi connectivity index (χ0n) is 9.28. The highest BCUT2D eigenvalue weighted by molar-refractivity contribution is 8.13. The molecule has 1 N–H and O–H groups in total. The Labute approximate surface area is 112 Å². The molecule has 0 saturated heterocycles. The lowest BCUT2D eigenvalue weighted by Gasteiger charge is -1.99. The minimum absolute atomic E-state index is 0.199. The summed E-state index contributed by atoms with van der Waals surface area (Å²) in [5, 5.41) is 5.72. The molecule has 0 radical (unpaired) electrons. The number of hydrogen-bond donors (Lipinski definition) is 1. The third-order valence-electron chi connectivity index (χ3n) is 2.44. The van der Waals surface area contributed by atoms with E-state index in [0.29, 0.717) is 16.6 Å². The van der Waals surface area contributed by atoms with Gasteiger partial charge in [0.1, 0.15) is 0 Å². The smallest absolute Gasteiger partial charge is 0.253 e. The van der Waals surface area contributed by atoms with Crippen LogP contribution >= 0.6 is 10.7 Å². The molecule has 19 heavy (non-hydrogen) atoms. The second kappa shape index (κ2) is 4.25. The molecule has 1 aromatic carbocycles. The van der Waals surface area contributed by atoms with Crippen molar-refractivity contribution in [2.45, 2.75) is 5.16 Å². The number of rotatable bonds is 2. The van der Waals surface area contributed by atoms with Crippen molar-refractivity contribution in [3.05, 3.63) is 30.6 Å². The van der Waals surface area contributed by atoms with Crippen LogP contribution in [0.4, 0.5) is 0 Å². The molecule has 0 atom stereocenters. The zero-order valence-corrected chi connectivity index (χ0v) is 10.9. The number of para-hydroxylation sites is 1. The van der Waals surface area contributed by atoms with Crippen molar-refractivity contribution >= 4 is 30.8 Å². The van der Waals surface area contributed by atoms with Gasteiger partial charge in [0.15, 0.2) is 5.82 Å². The average Bonchev–Trinajstić information content (AvgIpc) is 2.87. The minimum atomic E-state index is -3.94. The number of halogens is 1. The van der Waals surface area contributed by atoms with Crippen LogP contribution in [0.3, 0.4) is 0 Å². The van der Waals surface area contributed by atoms with E-state index in [1.165, 1.54) is 6.20 Å². The predicted molar refractivity (Wildman–Crippen MR) is 68.0 cm³/mol. The van der Waals surface area contributed by atoms with E-state index >= 15 is 0 Å². The molecule has 0 amide bonds. The van der Waals surface area contributed by atoms with E-state index in [0.717, 1.165) is 0 Å². The fourth-order valence-electron chi connectivity index (χ4n) is 1.65. The molecule has 3 rings (SSSR count). The number of fused-ring (bicyclic) bond motifs is 1. The minimum Gasteiger partial charge on any atom is -0.253 e. The summed E-state index contributed by atoms with van der Waals surface area (Å²) in [5.74, 6) is 0.199. The monoisotopic (exact) mass is 295 g/mol. The maximum absolute atomic E-state index is 11.1. The molecule has 0 aliphatic heterocycles. The molecular weight excluding hydrogens is 290 g/mol. The maximum Gasteiger partial charge on any atom is 0.296 e. The van der Waals surface area contributed by atoms with Crippen molar-refractivity contribution in [3.63, 3.8) is 0 Å². The maximum atomic E-state index is 11.1. The molecule has 0 aliphatic rings. The van der Waals surface area contributed by atoms with Crippen LogP contribution < -0.4 is 0 Å². The SMILES string of the molecule is O=S(=O)(Cl)c1nc(-c2cccc3nccnc23)n[nH]1. The molecule has 0 aliphatic carbocycles. The summed E-state index contributed by atoms with van der Waals surface area (Å²) in [4.78, 5) is 12.2. The molecule has 9 heteroatoms. The normalized spacial score (nSPS) is 11.8. The lowest BCUT2D eigenvalue weighted by atomic mass is 10.1. The number of nitrogens with zero attached hydrogens (tertiary/aromatic N) is 4. The standard InChI is InChI=1S/C10H6ClN5O2S/c11-19(17,18)10-14-9(15-16-10)6-2-1-3-7-8(6)13-5-4-12-7/h1-5H,(H,14,15,16). The lowest BCUT2D eigenvalue weighted by Crippen LogP contribution is -1.93. The molecule has 96 valence electrons. The first-order valence-electron chi connectivity index (χ1n) is 5.13. The van der Waals surface area contributed by atoms with E-state index in [2.05, 4.69) is 25.1 Å². The fraction of sp³-hybridized carbons (Fsp3) is 0. The summed E-state index contributed by atoms with van der Waals surface area (Å²) >= 11 is 0. The van der Waals surface area contributed by atoms with Crippen molar-refractivity contribution < 1.29 is 8.42 Å². The number of aromatic amines is 1. The summed E-state index contributed by atoms with van der Waals surface area (Å²) in [5.41, 5.74) is 1.83. The molecular formula is C10H6ClN5O2S. The molecule has 3 aromatic rings. The Bertz CT molecular complexity index is 856. The molecule has 2 aromatic heterocycles. The second-order valence-electron chi connectivity index (χ2n) is 3.63. The van der Waals surface area contributed by atoms with E-state index in [4.69, 9.17) is 10.7 Å². The van der Waals surface area contributed by atoms with E-state index in [1.807, 2.05) is 0 Å². The van der Waals surface area contributed by atoms with Gasteiger partial charge in [-0.05, 0) is 12.1 Å². The predicted octanol–water partition coefficient (Wildman–Crippen LogP) is 1.34. The van der Waals surface area contributed by atoms with Crippen LogP contribution in [0.1, 0.15) is 0 Å². The fourth-order valence-corrected chi connectivity index (χ4v) is 2.21. The number of benzene rings is 1. The number of H-pyrrole nitrogens is 1. The van der Waals surface area contributed by atoms with Gasteiger partial charge in [-0.1, -0.05) is 6.07 Å². The van der Waals surface area contributed by atoms with Crippen LogP contribution in [0.2, 0.25) is 0 Å². The molecule has 7 nitrogen and oxygen atoms in total. The van der Waals surface area contributed by atoms with Crippen molar-refractivity contribution in [2.24, 2.45) is 0 Å². The Kier molecular flexibility index (Phi) is 2.68. The molecule has 0 unspecified atom stereocenters. The zero-order chi connectivity index (χ0) is 13.5. The first-order chi connectivity index (χ1) is 9.05. The van der Waals surface area contributed by atoms with E-state index in [1.54, 1.807) is 24.4 Å². The van der Waals surface area contributed by atoms with Crippen LogP contribution in [0.25, 0.3) is 22.4 Å². The van der Waals surface area contributed by atoms with Gasteiger partial charge in [0.05, 0.1) is 11.0 Å². The van der Waals surface area contributed by atoms with E-state index in [9.17, 15) is 8.42 Å². The topological polar surface area (TPSA) is 101 Å². The highest BCUT2D eigenvalue weighted by Gasteiger charge is 2.18. The molecule has 0 fully saturated rings. The van der Waals surface area contributed by atoms with Crippen molar-refractivity contribution in [1.29, 1.82) is 0 Å². The van der Waals surface area contributed by atoms with Gasteiger partial charge in [-0.15, -0.1) is 0 Å². The number of aromatic nitrogens is 5. The lowest BCUT2D eigenvalue weighted by molar-refractivity contribution is 0.602. The first-order valence-corrected chi connectivity index (χ1v) is 7.44. The van der Waals surface area contributed by atoms with Crippen molar-refractivity contribution in [3.8, 4) is 11.4 Å². The van der Waals surface area contributed by atoms with Crippen molar-refractivity contribution in [1.82, 2.24) is 25.1 Å². The Morgan fingerprint density at radius 2 is 1.95 bits per heavy atom. The third-order valence-corrected chi connectivity index (χ3v) is 3.52. The van der Waals surface area contributed by atoms with Crippen LogP contribution in [-0.2, 0) is 9.05 Å². The summed E-state index contributed by atoms with van der Waals surface area (Å²) in [6, 6.07) is 5.28. The van der Waals surface area contributed by atoms with Crippen molar-refractivity contribution in [2.75, 3.05) is 0 Å². The van der Waals surface area contributed by atoms with Crippen LogP contribution in [-0.4, -0.2) is 33.6 Å². The van der Waals surface area contributed by atoms with Gasteiger partial charge in [-0.25, -0.2) is 13.5 Å². The van der Waals surface area contributed by atoms with Gasteiger partial charge in [0, 0.05) is 28.6 Å². The van der Waals surface area contributed by atoms with E-state index < -0.39 is 14.2 Å². The number of hydrogen-bond acceptors (Lipinski definition) is 6. The van der Waals surface area contributed by atoms with Gasteiger partial charge in [0.25, 0.3) is 14.2 Å². The Morgan fingerprint density at radius 3 is 2.68 bits per heavy atom. The highest BCUT2D eigenvalue weighted by atomic mass is 35.7. The first kappa shape index (κ1) is 12.0. The van der Waals surface area contributed by atoms with Crippen LogP contribution in [0, 0.1) is 0 Å². The molecule has 0 bridgehead atoms. The summed E-state index contributed by atoms with van der Waals surface area (Å²) < 4.78 is 22.3. The molecule has 0 spiro atoms. The van der Waals surface area contributed by atoms with Gasteiger partial charge in [-0.3, -0.25) is 9.97 Å². The Hall–Kier alpha value is -2.06. The largest absolute Gasteiger partial charge is 0.296 e. The summed E-state index contributed by atoms with van der Waals surface area (Å²) in [7, 11) is 1.25. The van der Waals surface area contributed by atoms with Gasteiger partial charge >= 0.3 is 0 Å². The van der Waals surface area contributed by atoms with Gasteiger partial charge in [-0.2, -0.15) is 10.1 Å². The average molecular weight is 296 g/mol. The van der Waals surface area contributed by atoms with Crippen LogP contribution in [0.5, 0.6) is 0 Å². The van der Waals surface area contributed by atoms with Gasteiger partial charge in [0.2, 0.25) is 0 Å². The Morgan fingerprint density at radius 1 is 1.16 bits per heavy atom. The molecule has 2 heterocycles. The van der Waals surface area contributed by atoms with E-state index in [-0.39, 0.29) is 5.82 Å². The van der Waals surface area contributed by atoms with Crippen LogP contribution in [0.15, 0.2) is 35.7 Å².